The van der Waals surface area contributed by atoms with E-state index in [1.165, 1.54) is 11.3 Å². The van der Waals surface area contributed by atoms with Crippen LogP contribution in [0.25, 0.3) is 0 Å². The number of rotatable bonds is 5. The molecule has 1 fully saturated rings. The van der Waals surface area contributed by atoms with Crippen molar-refractivity contribution >= 4 is 5.69 Å². The fraction of sp³-hybridized carbons (Fsp3) is 0.600. The zero-order chi connectivity index (χ0) is 12.8. The van der Waals surface area contributed by atoms with Gasteiger partial charge in [-0.25, -0.2) is 0 Å². The van der Waals surface area contributed by atoms with Crippen molar-refractivity contribution in [3.8, 4) is 0 Å². The van der Waals surface area contributed by atoms with Gasteiger partial charge in [0.1, 0.15) is 0 Å². The molecule has 18 heavy (non-hydrogen) atoms. The van der Waals surface area contributed by atoms with Gasteiger partial charge in [0.15, 0.2) is 0 Å². The van der Waals surface area contributed by atoms with Gasteiger partial charge in [0.05, 0.1) is 6.10 Å². The van der Waals surface area contributed by atoms with Crippen molar-refractivity contribution in [1.82, 2.24) is 5.32 Å². The first-order valence-corrected chi connectivity index (χ1v) is 6.94. The molecule has 0 spiro atoms. The minimum Gasteiger partial charge on any atom is -0.378 e. The fourth-order valence-electron chi connectivity index (χ4n) is 2.66. The molecule has 0 radical (unpaired) electrons. The van der Waals surface area contributed by atoms with E-state index in [9.17, 15) is 0 Å². The molecule has 0 amide bonds. The molecule has 0 atom stereocenters. The summed E-state index contributed by atoms with van der Waals surface area (Å²) in [6.45, 7) is 6.05. The van der Waals surface area contributed by atoms with Gasteiger partial charge in [-0.05, 0) is 38.4 Å². The predicted octanol–water partition coefficient (Wildman–Crippen LogP) is 2.41. The summed E-state index contributed by atoms with van der Waals surface area (Å²) in [6, 6.07) is 8.68. The summed E-state index contributed by atoms with van der Waals surface area (Å²) in [7, 11) is 2.00. The van der Waals surface area contributed by atoms with Crippen molar-refractivity contribution in [3.63, 3.8) is 0 Å². The van der Waals surface area contributed by atoms with E-state index < -0.39 is 0 Å². The molecule has 1 N–H and O–H groups in total. The second-order valence-electron chi connectivity index (χ2n) is 4.80. The van der Waals surface area contributed by atoms with E-state index in [1.807, 2.05) is 7.05 Å². The summed E-state index contributed by atoms with van der Waals surface area (Å²) in [4.78, 5) is 2.49. The van der Waals surface area contributed by atoms with Crippen LogP contribution >= 0.6 is 0 Å². The molecule has 1 aliphatic heterocycles. The van der Waals surface area contributed by atoms with E-state index in [-0.39, 0.29) is 0 Å². The maximum absolute atomic E-state index is 5.71. The van der Waals surface area contributed by atoms with Gasteiger partial charge >= 0.3 is 0 Å². The molecular formula is C15H24N2O. The Bertz CT molecular complexity index is 359. The van der Waals surface area contributed by atoms with Gasteiger partial charge < -0.3 is 15.0 Å². The van der Waals surface area contributed by atoms with Gasteiger partial charge in [-0.3, -0.25) is 0 Å². The number of benzene rings is 1. The largest absolute Gasteiger partial charge is 0.378 e. The monoisotopic (exact) mass is 248 g/mol. The third-order valence-electron chi connectivity index (χ3n) is 3.54. The summed E-state index contributed by atoms with van der Waals surface area (Å²) < 4.78 is 5.71. The van der Waals surface area contributed by atoms with Crippen molar-refractivity contribution < 1.29 is 4.74 Å². The minimum atomic E-state index is 0.461. The van der Waals surface area contributed by atoms with E-state index in [0.717, 1.165) is 39.1 Å². The molecule has 0 aliphatic carbocycles. The first-order chi connectivity index (χ1) is 8.85. The summed E-state index contributed by atoms with van der Waals surface area (Å²) in [5.41, 5.74) is 2.76. The van der Waals surface area contributed by atoms with Gasteiger partial charge in [0.25, 0.3) is 0 Å². The molecule has 2 rings (SSSR count). The molecule has 0 saturated carbocycles. The van der Waals surface area contributed by atoms with Gasteiger partial charge in [-0.15, -0.1) is 0 Å². The standard InChI is InChI=1S/C15H24N2O/c1-3-18-14-8-10-17(11-9-14)15-7-5-4-6-13(15)12-16-2/h4-7,14,16H,3,8-12H2,1-2H3. The molecule has 100 valence electrons. The van der Waals surface area contributed by atoms with Crippen molar-refractivity contribution in [1.29, 1.82) is 0 Å². The topological polar surface area (TPSA) is 24.5 Å². The maximum Gasteiger partial charge on any atom is 0.0608 e. The van der Waals surface area contributed by atoms with E-state index in [1.54, 1.807) is 0 Å². The zero-order valence-electron chi connectivity index (χ0n) is 11.5. The molecule has 0 bridgehead atoms. The Kier molecular flexibility index (Phi) is 5.02. The molecule has 1 aromatic rings. The lowest BCUT2D eigenvalue weighted by Gasteiger charge is -2.34. The molecule has 0 aromatic heterocycles. The molecule has 3 heteroatoms. The molecular weight excluding hydrogens is 224 g/mol. The number of para-hydroxylation sites is 1. The highest BCUT2D eigenvalue weighted by atomic mass is 16.5. The number of nitrogens with zero attached hydrogens (tertiary/aromatic N) is 1. The SMILES string of the molecule is CCOC1CCN(c2ccccc2CNC)CC1. The van der Waals surface area contributed by atoms with Crippen molar-refractivity contribution in [2.24, 2.45) is 0 Å². The molecule has 3 nitrogen and oxygen atoms in total. The van der Waals surface area contributed by atoms with Crippen LogP contribution in [-0.2, 0) is 11.3 Å². The van der Waals surface area contributed by atoms with Crippen LogP contribution in [0.3, 0.4) is 0 Å². The van der Waals surface area contributed by atoms with Crippen LogP contribution < -0.4 is 10.2 Å². The number of anilines is 1. The smallest absolute Gasteiger partial charge is 0.0608 e. The first kappa shape index (κ1) is 13.4. The summed E-state index contributed by atoms with van der Waals surface area (Å²) in [6.07, 6.45) is 2.74. The minimum absolute atomic E-state index is 0.461. The molecule has 1 aliphatic rings. The Morgan fingerprint density at radius 2 is 2.00 bits per heavy atom. The van der Waals surface area contributed by atoms with Crippen molar-refractivity contribution in [3.05, 3.63) is 29.8 Å². The molecule has 1 heterocycles. The number of hydrogen-bond donors (Lipinski definition) is 1. The van der Waals surface area contributed by atoms with Crippen LogP contribution in [0.1, 0.15) is 25.3 Å². The second kappa shape index (κ2) is 6.76. The summed E-state index contributed by atoms with van der Waals surface area (Å²) in [5.74, 6) is 0. The van der Waals surface area contributed by atoms with Crippen LogP contribution in [-0.4, -0.2) is 32.8 Å². The zero-order valence-corrected chi connectivity index (χ0v) is 11.5. The average molecular weight is 248 g/mol. The third kappa shape index (κ3) is 3.24. The first-order valence-electron chi connectivity index (χ1n) is 6.94. The van der Waals surface area contributed by atoms with E-state index in [4.69, 9.17) is 4.74 Å². The average Bonchev–Trinajstić information content (AvgIpc) is 2.41. The van der Waals surface area contributed by atoms with Crippen LogP contribution in [0, 0.1) is 0 Å². The Morgan fingerprint density at radius 1 is 1.28 bits per heavy atom. The van der Waals surface area contributed by atoms with Gasteiger partial charge in [0, 0.05) is 31.9 Å². The number of hydrogen-bond acceptors (Lipinski definition) is 3. The Morgan fingerprint density at radius 3 is 2.67 bits per heavy atom. The number of ether oxygens (including phenoxy) is 1. The highest BCUT2D eigenvalue weighted by molar-refractivity contribution is 5.53. The normalized spacial score (nSPS) is 17.1. The lowest BCUT2D eigenvalue weighted by Crippen LogP contribution is -2.37. The lowest BCUT2D eigenvalue weighted by molar-refractivity contribution is 0.0459. The number of nitrogens with one attached hydrogen (secondary N) is 1. The van der Waals surface area contributed by atoms with Gasteiger partial charge in [0.2, 0.25) is 0 Å². The van der Waals surface area contributed by atoms with Gasteiger partial charge in [-0.1, -0.05) is 18.2 Å². The Labute approximate surface area is 110 Å². The third-order valence-corrected chi connectivity index (χ3v) is 3.54. The van der Waals surface area contributed by atoms with Crippen molar-refractivity contribution in [2.75, 3.05) is 31.6 Å². The summed E-state index contributed by atoms with van der Waals surface area (Å²) in [5, 5.41) is 3.24. The Hall–Kier alpha value is -1.06. The van der Waals surface area contributed by atoms with Crippen LogP contribution in [0.5, 0.6) is 0 Å². The highest BCUT2D eigenvalue weighted by Crippen LogP contribution is 2.25. The van der Waals surface area contributed by atoms with Crippen LogP contribution in [0.15, 0.2) is 24.3 Å². The van der Waals surface area contributed by atoms with Crippen LogP contribution in [0.4, 0.5) is 5.69 Å². The maximum atomic E-state index is 5.71. The van der Waals surface area contributed by atoms with Gasteiger partial charge in [-0.2, -0.15) is 0 Å². The molecule has 1 saturated heterocycles. The van der Waals surface area contributed by atoms with E-state index >= 15 is 0 Å². The number of piperidine rings is 1. The second-order valence-corrected chi connectivity index (χ2v) is 4.80. The highest BCUT2D eigenvalue weighted by Gasteiger charge is 2.20. The fourth-order valence-corrected chi connectivity index (χ4v) is 2.66. The quantitative estimate of drug-likeness (QED) is 0.866. The van der Waals surface area contributed by atoms with Crippen molar-refractivity contribution in [2.45, 2.75) is 32.4 Å². The predicted molar refractivity (Wildman–Crippen MR) is 76.1 cm³/mol. The van der Waals surface area contributed by atoms with E-state index in [0.29, 0.717) is 6.10 Å². The Balaban J connectivity index is 2.00. The lowest BCUT2D eigenvalue weighted by atomic mass is 10.0. The van der Waals surface area contributed by atoms with E-state index in [2.05, 4.69) is 41.4 Å². The summed E-state index contributed by atoms with van der Waals surface area (Å²) >= 11 is 0. The van der Waals surface area contributed by atoms with Crippen LogP contribution in [0.2, 0.25) is 0 Å². The molecule has 0 unspecified atom stereocenters. The molecule has 1 aromatic carbocycles.